The summed E-state index contributed by atoms with van der Waals surface area (Å²) in [5, 5.41) is 9.20. The maximum absolute atomic E-state index is 11.6. The Morgan fingerprint density at radius 1 is 1.53 bits per heavy atom. The smallest absolute Gasteiger partial charge is 0.340 e. The molecule has 5 heteroatoms. The highest BCUT2D eigenvalue weighted by Crippen LogP contribution is 2.20. The molecule has 15 heavy (non-hydrogen) atoms. The molecule has 1 saturated heterocycles. The van der Waals surface area contributed by atoms with Crippen molar-refractivity contribution in [2.75, 3.05) is 18.9 Å². The SMILES string of the molecule is Nc1ccc(O)cc1C(=O)OC1COC1. The number of benzene rings is 1. The number of phenols is 1. The van der Waals surface area contributed by atoms with E-state index in [4.69, 9.17) is 15.2 Å². The summed E-state index contributed by atoms with van der Waals surface area (Å²) in [5.74, 6) is -0.544. The standard InChI is InChI=1S/C10H11NO4/c11-9-2-1-6(12)3-8(9)10(13)15-7-4-14-5-7/h1-3,7,12H,4-5,11H2. The quantitative estimate of drug-likeness (QED) is 0.422. The first-order valence-electron chi connectivity index (χ1n) is 4.54. The van der Waals surface area contributed by atoms with Crippen LogP contribution in [0.15, 0.2) is 18.2 Å². The first-order valence-corrected chi connectivity index (χ1v) is 4.54. The zero-order chi connectivity index (χ0) is 10.8. The van der Waals surface area contributed by atoms with Gasteiger partial charge in [0.05, 0.1) is 18.8 Å². The van der Waals surface area contributed by atoms with Crippen molar-refractivity contribution >= 4 is 11.7 Å². The summed E-state index contributed by atoms with van der Waals surface area (Å²) < 4.78 is 9.92. The molecular formula is C10H11NO4. The van der Waals surface area contributed by atoms with Crippen molar-refractivity contribution in [3.63, 3.8) is 0 Å². The summed E-state index contributed by atoms with van der Waals surface area (Å²) >= 11 is 0. The Balaban J connectivity index is 2.12. The van der Waals surface area contributed by atoms with Crippen LogP contribution in [0.3, 0.4) is 0 Å². The molecule has 1 aromatic rings. The summed E-state index contributed by atoms with van der Waals surface area (Å²) in [6.45, 7) is 0.842. The van der Waals surface area contributed by atoms with Crippen molar-refractivity contribution in [1.82, 2.24) is 0 Å². The highest BCUT2D eigenvalue weighted by Gasteiger charge is 2.24. The lowest BCUT2D eigenvalue weighted by atomic mass is 10.1. The molecule has 0 unspecified atom stereocenters. The first-order chi connectivity index (χ1) is 7.16. The van der Waals surface area contributed by atoms with E-state index in [2.05, 4.69) is 0 Å². The van der Waals surface area contributed by atoms with E-state index in [9.17, 15) is 9.90 Å². The second-order valence-electron chi connectivity index (χ2n) is 3.34. The highest BCUT2D eigenvalue weighted by molar-refractivity contribution is 5.95. The van der Waals surface area contributed by atoms with Gasteiger partial charge < -0.3 is 20.3 Å². The third-order valence-corrected chi connectivity index (χ3v) is 2.14. The molecule has 1 aromatic carbocycles. The number of phenolic OH excluding ortho intramolecular Hbond substituents is 1. The summed E-state index contributed by atoms with van der Waals surface area (Å²) in [6, 6.07) is 4.17. The van der Waals surface area contributed by atoms with Gasteiger partial charge in [-0.3, -0.25) is 0 Å². The predicted octanol–water partition coefficient (Wildman–Crippen LogP) is 0.530. The van der Waals surface area contributed by atoms with Gasteiger partial charge in [-0.2, -0.15) is 0 Å². The fourth-order valence-electron chi connectivity index (χ4n) is 1.22. The lowest BCUT2D eigenvalue weighted by Gasteiger charge is -2.25. The largest absolute Gasteiger partial charge is 0.508 e. The van der Waals surface area contributed by atoms with Gasteiger partial charge in [0.15, 0.2) is 0 Å². The minimum absolute atomic E-state index is 0.0130. The zero-order valence-corrected chi connectivity index (χ0v) is 7.97. The van der Waals surface area contributed by atoms with Crippen LogP contribution in [0, 0.1) is 0 Å². The molecule has 0 radical (unpaired) electrons. The third-order valence-electron chi connectivity index (χ3n) is 2.14. The molecule has 0 amide bonds. The van der Waals surface area contributed by atoms with E-state index in [-0.39, 0.29) is 23.1 Å². The summed E-state index contributed by atoms with van der Waals surface area (Å²) in [6.07, 6.45) is -0.195. The summed E-state index contributed by atoms with van der Waals surface area (Å²) in [4.78, 5) is 11.6. The molecule has 0 bridgehead atoms. The Kier molecular flexibility index (Phi) is 2.47. The number of hydrogen-bond acceptors (Lipinski definition) is 5. The second kappa shape index (κ2) is 3.78. The maximum atomic E-state index is 11.6. The molecule has 0 aromatic heterocycles. The van der Waals surface area contributed by atoms with Crippen molar-refractivity contribution < 1.29 is 19.4 Å². The fraction of sp³-hybridized carbons (Fsp3) is 0.300. The molecule has 5 nitrogen and oxygen atoms in total. The lowest BCUT2D eigenvalue weighted by molar-refractivity contribution is -0.103. The number of ether oxygens (including phenoxy) is 2. The van der Waals surface area contributed by atoms with Gasteiger partial charge in [-0.15, -0.1) is 0 Å². The number of nitrogen functional groups attached to an aromatic ring is 1. The number of carbonyl (C=O) groups excluding carboxylic acids is 1. The molecule has 80 valence electrons. The van der Waals surface area contributed by atoms with Crippen LogP contribution in [0.2, 0.25) is 0 Å². The van der Waals surface area contributed by atoms with Crippen molar-refractivity contribution in [3.8, 4) is 5.75 Å². The van der Waals surface area contributed by atoms with E-state index in [0.29, 0.717) is 13.2 Å². The summed E-state index contributed by atoms with van der Waals surface area (Å²) in [7, 11) is 0. The molecule has 1 fully saturated rings. The topological polar surface area (TPSA) is 81.8 Å². The Morgan fingerprint density at radius 2 is 2.27 bits per heavy atom. The second-order valence-corrected chi connectivity index (χ2v) is 3.34. The van der Waals surface area contributed by atoms with Gasteiger partial charge in [-0.25, -0.2) is 4.79 Å². The van der Waals surface area contributed by atoms with E-state index in [1.165, 1.54) is 18.2 Å². The highest BCUT2D eigenvalue weighted by atomic mass is 16.6. The van der Waals surface area contributed by atoms with E-state index in [1.54, 1.807) is 0 Å². The van der Waals surface area contributed by atoms with Crippen molar-refractivity contribution in [3.05, 3.63) is 23.8 Å². The number of nitrogens with two attached hydrogens (primary N) is 1. The molecule has 1 heterocycles. The van der Waals surface area contributed by atoms with Crippen LogP contribution < -0.4 is 5.73 Å². The van der Waals surface area contributed by atoms with E-state index in [0.717, 1.165) is 0 Å². The van der Waals surface area contributed by atoms with Crippen molar-refractivity contribution in [2.45, 2.75) is 6.10 Å². The van der Waals surface area contributed by atoms with E-state index < -0.39 is 5.97 Å². The lowest BCUT2D eigenvalue weighted by Crippen LogP contribution is -2.37. The number of aromatic hydroxyl groups is 1. The van der Waals surface area contributed by atoms with Crippen LogP contribution in [-0.4, -0.2) is 30.4 Å². The van der Waals surface area contributed by atoms with Crippen LogP contribution in [0.1, 0.15) is 10.4 Å². The van der Waals surface area contributed by atoms with Crippen LogP contribution in [0.5, 0.6) is 5.75 Å². The zero-order valence-electron chi connectivity index (χ0n) is 7.97. The van der Waals surface area contributed by atoms with Crippen LogP contribution in [-0.2, 0) is 9.47 Å². The molecule has 0 spiro atoms. The van der Waals surface area contributed by atoms with Crippen molar-refractivity contribution in [2.24, 2.45) is 0 Å². The number of esters is 1. The Morgan fingerprint density at radius 3 is 2.87 bits per heavy atom. The van der Waals surface area contributed by atoms with Crippen LogP contribution >= 0.6 is 0 Å². The average Bonchev–Trinajstić information content (AvgIpc) is 2.15. The monoisotopic (exact) mass is 209 g/mol. The van der Waals surface area contributed by atoms with Gasteiger partial charge in [0.1, 0.15) is 11.9 Å². The van der Waals surface area contributed by atoms with E-state index in [1.807, 2.05) is 0 Å². The minimum Gasteiger partial charge on any atom is -0.508 e. The molecule has 0 atom stereocenters. The van der Waals surface area contributed by atoms with Gasteiger partial charge in [0.25, 0.3) is 0 Å². The number of carbonyl (C=O) groups is 1. The molecule has 2 rings (SSSR count). The average molecular weight is 209 g/mol. The Hall–Kier alpha value is -1.75. The molecule has 3 N–H and O–H groups in total. The maximum Gasteiger partial charge on any atom is 0.340 e. The van der Waals surface area contributed by atoms with E-state index >= 15 is 0 Å². The molecular weight excluding hydrogens is 198 g/mol. The molecule has 0 aliphatic carbocycles. The fourth-order valence-corrected chi connectivity index (χ4v) is 1.22. The first kappa shape index (κ1) is 9.79. The summed E-state index contributed by atoms with van der Waals surface area (Å²) in [5.41, 5.74) is 6.05. The molecule has 0 saturated carbocycles. The predicted molar refractivity (Wildman–Crippen MR) is 52.5 cm³/mol. The van der Waals surface area contributed by atoms with Gasteiger partial charge in [-0.1, -0.05) is 0 Å². The van der Waals surface area contributed by atoms with Crippen LogP contribution in [0.25, 0.3) is 0 Å². The third kappa shape index (κ3) is 2.02. The van der Waals surface area contributed by atoms with Crippen molar-refractivity contribution in [1.29, 1.82) is 0 Å². The van der Waals surface area contributed by atoms with Gasteiger partial charge in [0, 0.05) is 5.69 Å². The Bertz CT molecular complexity index is 387. The number of anilines is 1. The van der Waals surface area contributed by atoms with Gasteiger partial charge >= 0.3 is 5.97 Å². The number of hydrogen-bond donors (Lipinski definition) is 2. The molecule has 1 aliphatic heterocycles. The normalized spacial score (nSPS) is 15.7. The number of rotatable bonds is 2. The van der Waals surface area contributed by atoms with Gasteiger partial charge in [-0.05, 0) is 18.2 Å². The minimum atomic E-state index is -0.531. The van der Waals surface area contributed by atoms with Gasteiger partial charge in [0.2, 0.25) is 0 Å². The molecule has 1 aliphatic rings. The van der Waals surface area contributed by atoms with Crippen LogP contribution in [0.4, 0.5) is 5.69 Å². The Labute approximate surface area is 86.4 Å².